The highest BCUT2D eigenvalue weighted by atomic mass is 16.6. The Balaban J connectivity index is 1.34. The summed E-state index contributed by atoms with van der Waals surface area (Å²) >= 11 is 0. The Kier molecular flexibility index (Phi) is 10.1. The first-order valence-electron chi connectivity index (χ1n) is 18.7. The van der Waals surface area contributed by atoms with Crippen LogP contribution in [0.2, 0.25) is 0 Å². The molecular formula is C44H34O20. The molecule has 64 heavy (non-hydrogen) atoms. The first kappa shape index (κ1) is 41.8. The minimum atomic E-state index is -1.85. The second kappa shape index (κ2) is 15.5. The van der Waals surface area contributed by atoms with Gasteiger partial charge in [0.1, 0.15) is 40.6 Å². The van der Waals surface area contributed by atoms with Crippen molar-refractivity contribution in [3.8, 4) is 92.0 Å². The van der Waals surface area contributed by atoms with Crippen molar-refractivity contribution in [3.63, 3.8) is 0 Å². The Morgan fingerprint density at radius 1 is 0.469 bits per heavy atom. The summed E-state index contributed by atoms with van der Waals surface area (Å²) in [6.45, 7) is 0. The molecule has 8 rings (SSSR count). The third-order valence-electron chi connectivity index (χ3n) is 10.7. The average Bonchev–Trinajstić information content (AvgIpc) is 3.23. The summed E-state index contributed by atoms with van der Waals surface area (Å²) in [4.78, 5) is 27.6. The Hall–Kier alpha value is -8.94. The molecule has 0 amide bonds. The third kappa shape index (κ3) is 7.23. The van der Waals surface area contributed by atoms with Crippen LogP contribution in [0.25, 0.3) is 0 Å². The van der Waals surface area contributed by atoms with Crippen LogP contribution >= 0.6 is 0 Å². The van der Waals surface area contributed by atoms with Crippen molar-refractivity contribution in [2.45, 2.75) is 36.8 Å². The molecule has 330 valence electrons. The van der Waals surface area contributed by atoms with Crippen molar-refractivity contribution in [1.82, 2.24) is 0 Å². The van der Waals surface area contributed by atoms with Gasteiger partial charge in [0.05, 0.1) is 17.0 Å². The quantitative estimate of drug-likeness (QED) is 0.0744. The fourth-order valence-electron chi connectivity index (χ4n) is 7.74. The number of fused-ring (bicyclic) bond motifs is 2. The highest BCUT2D eigenvalue weighted by Gasteiger charge is 2.49. The van der Waals surface area contributed by atoms with Crippen molar-refractivity contribution < 1.29 is 100 Å². The van der Waals surface area contributed by atoms with Crippen LogP contribution in [0, 0.1) is 0 Å². The van der Waals surface area contributed by atoms with E-state index in [0.717, 1.165) is 66.7 Å². The van der Waals surface area contributed by atoms with Crippen LogP contribution in [0.5, 0.6) is 92.0 Å². The Morgan fingerprint density at radius 2 is 0.969 bits per heavy atom. The molecule has 2 aliphatic rings. The minimum absolute atomic E-state index is 0.0106. The number of phenols is 14. The molecule has 2 aliphatic heterocycles. The summed E-state index contributed by atoms with van der Waals surface area (Å²) < 4.78 is 24.6. The molecule has 0 bridgehead atoms. The van der Waals surface area contributed by atoms with Crippen molar-refractivity contribution in [1.29, 1.82) is 0 Å². The Labute approximate surface area is 358 Å². The maximum Gasteiger partial charge on any atom is 0.338 e. The van der Waals surface area contributed by atoms with Crippen molar-refractivity contribution >= 4 is 11.9 Å². The normalized spacial score (nSPS) is 18.7. The van der Waals surface area contributed by atoms with Crippen molar-refractivity contribution in [3.05, 3.63) is 118 Å². The molecule has 2 heterocycles. The molecule has 20 nitrogen and oxygen atoms in total. The first-order valence-corrected chi connectivity index (χ1v) is 18.7. The molecule has 0 radical (unpaired) electrons. The fraction of sp³-hybridized carbons (Fsp3) is 0.136. The van der Waals surface area contributed by atoms with Gasteiger partial charge in [-0.05, 0) is 48.5 Å². The maximum atomic E-state index is 14.1. The predicted molar refractivity (Wildman–Crippen MR) is 213 cm³/mol. The molecule has 0 saturated heterocycles. The molecule has 5 atom stereocenters. The van der Waals surface area contributed by atoms with Gasteiger partial charge in [0.15, 0.2) is 75.8 Å². The number of carbonyl (C=O) groups excluding carboxylic acids is 2. The second-order valence-corrected chi connectivity index (χ2v) is 14.8. The van der Waals surface area contributed by atoms with Crippen LogP contribution in [0.15, 0.2) is 78.9 Å². The first-order chi connectivity index (χ1) is 30.3. The zero-order chi connectivity index (χ0) is 46.0. The number of rotatable bonds is 7. The minimum Gasteiger partial charge on any atom is -0.508 e. The molecule has 0 fully saturated rings. The zero-order valence-corrected chi connectivity index (χ0v) is 32.3. The van der Waals surface area contributed by atoms with Gasteiger partial charge in [-0.15, -0.1) is 0 Å². The molecule has 6 aromatic carbocycles. The van der Waals surface area contributed by atoms with E-state index in [-0.39, 0.29) is 33.6 Å². The molecule has 0 aliphatic carbocycles. The van der Waals surface area contributed by atoms with Crippen LogP contribution in [-0.2, 0) is 15.9 Å². The SMILES string of the molecule is O=C(O[C@H]1[C@H](c2c(O)cc(O)c3c2O[C@H](c2ccc(O)c(O)c2)[C@@H](OC(=O)c2cc(O)c(O)c(O)c2)C3)c2c(O)cc(O)cc2O[C@@H]1c1ccc(O)c(O)c1)c1cc(O)c(O)c(O)c1. The van der Waals surface area contributed by atoms with Crippen LogP contribution in [0.3, 0.4) is 0 Å². The van der Waals surface area contributed by atoms with E-state index >= 15 is 0 Å². The summed E-state index contributed by atoms with van der Waals surface area (Å²) in [6.07, 6.45) is -6.98. The smallest absolute Gasteiger partial charge is 0.338 e. The molecule has 0 aromatic heterocycles. The lowest BCUT2D eigenvalue weighted by Crippen LogP contribution is -2.40. The Morgan fingerprint density at radius 3 is 1.50 bits per heavy atom. The molecule has 0 unspecified atom stereocenters. The number of benzene rings is 6. The summed E-state index contributed by atoms with van der Waals surface area (Å²) in [7, 11) is 0. The number of hydrogen-bond donors (Lipinski definition) is 14. The number of ether oxygens (including phenoxy) is 4. The lowest BCUT2D eigenvalue weighted by molar-refractivity contribution is -0.0303. The summed E-state index contributed by atoms with van der Waals surface area (Å²) in [6, 6.07) is 12.6. The van der Waals surface area contributed by atoms with Crippen LogP contribution in [0.4, 0.5) is 0 Å². The summed E-state index contributed by atoms with van der Waals surface area (Å²) in [5.41, 5.74) is -1.85. The van der Waals surface area contributed by atoms with Gasteiger partial charge in [0, 0.05) is 52.4 Å². The van der Waals surface area contributed by atoms with Gasteiger partial charge >= 0.3 is 11.9 Å². The van der Waals surface area contributed by atoms with E-state index in [1.807, 2.05) is 0 Å². The zero-order valence-electron chi connectivity index (χ0n) is 32.3. The lowest BCUT2D eigenvalue weighted by Gasteiger charge is -2.42. The van der Waals surface area contributed by atoms with Gasteiger partial charge in [-0.2, -0.15) is 0 Å². The monoisotopic (exact) mass is 882 g/mol. The number of carbonyl (C=O) groups is 2. The number of phenolic OH excluding ortho intramolecular Hbond substituents is 14. The number of hydrogen-bond acceptors (Lipinski definition) is 20. The van der Waals surface area contributed by atoms with E-state index < -0.39 is 146 Å². The van der Waals surface area contributed by atoms with Gasteiger partial charge in [0.25, 0.3) is 0 Å². The van der Waals surface area contributed by atoms with E-state index in [1.165, 1.54) is 12.1 Å². The van der Waals surface area contributed by atoms with E-state index in [4.69, 9.17) is 18.9 Å². The third-order valence-corrected chi connectivity index (χ3v) is 10.7. The lowest BCUT2D eigenvalue weighted by atomic mass is 9.77. The van der Waals surface area contributed by atoms with E-state index in [0.29, 0.717) is 0 Å². The van der Waals surface area contributed by atoms with Crippen LogP contribution in [-0.4, -0.2) is 95.6 Å². The van der Waals surface area contributed by atoms with Crippen molar-refractivity contribution in [2.24, 2.45) is 0 Å². The van der Waals surface area contributed by atoms with Crippen molar-refractivity contribution in [2.75, 3.05) is 0 Å². The van der Waals surface area contributed by atoms with Gasteiger partial charge in [0.2, 0.25) is 0 Å². The fourth-order valence-corrected chi connectivity index (χ4v) is 7.74. The summed E-state index contributed by atoms with van der Waals surface area (Å²) in [5.74, 6) is -15.6. The standard InChI is InChI=1S/C44H34O20/c45-19-11-26(51)34-32(12-19)61-40(16-2-4-22(47)25(50)6-16)42(64-44(60)18-9-30(55)38(58)31(56)10-18)36(34)35-27(52)14-23(48)20-13-33(62-43(59)17-7-28(53)37(57)29(54)8-17)39(63-41(20)35)15-1-3-21(46)24(49)5-15/h1-12,14,33,36,39-40,42,45-58H,13H2/t33-,36-,39+,40+,42-/m0/s1. The number of esters is 2. The molecule has 0 spiro atoms. The largest absolute Gasteiger partial charge is 0.508 e. The predicted octanol–water partition coefficient (Wildman–Crippen LogP) is 4.96. The van der Waals surface area contributed by atoms with Gasteiger partial charge in [-0.3, -0.25) is 0 Å². The van der Waals surface area contributed by atoms with Crippen LogP contribution in [0.1, 0.15) is 66.7 Å². The molecule has 6 aromatic rings. The van der Waals surface area contributed by atoms with Gasteiger partial charge in [-0.1, -0.05) is 12.1 Å². The maximum absolute atomic E-state index is 14.1. The number of aromatic hydroxyl groups is 14. The molecule has 20 heteroatoms. The Bertz CT molecular complexity index is 2860. The highest BCUT2D eigenvalue weighted by molar-refractivity contribution is 5.92. The van der Waals surface area contributed by atoms with Crippen LogP contribution < -0.4 is 9.47 Å². The van der Waals surface area contributed by atoms with Gasteiger partial charge < -0.3 is 90.4 Å². The molecule has 0 saturated carbocycles. The van der Waals surface area contributed by atoms with E-state index in [9.17, 15) is 81.1 Å². The van der Waals surface area contributed by atoms with Gasteiger partial charge in [-0.25, -0.2) is 9.59 Å². The second-order valence-electron chi connectivity index (χ2n) is 14.8. The highest BCUT2D eigenvalue weighted by Crippen LogP contribution is 2.58. The summed E-state index contributed by atoms with van der Waals surface area (Å²) in [5, 5.41) is 147. The molecular weight excluding hydrogens is 848 g/mol. The molecule has 14 N–H and O–H groups in total. The van der Waals surface area contributed by atoms with E-state index in [1.54, 1.807) is 0 Å². The topological polar surface area (TPSA) is 354 Å². The van der Waals surface area contributed by atoms with E-state index in [2.05, 4.69) is 0 Å². The average molecular weight is 883 g/mol.